The lowest BCUT2D eigenvalue weighted by Crippen LogP contribution is -2.15. The summed E-state index contributed by atoms with van der Waals surface area (Å²) in [5.41, 5.74) is 2.02. The summed E-state index contributed by atoms with van der Waals surface area (Å²) in [5.74, 6) is 1.39. The highest BCUT2D eigenvalue weighted by Gasteiger charge is 2.16. The molecule has 4 rings (SSSR count). The molecule has 1 saturated carbocycles. The van der Waals surface area contributed by atoms with Crippen LogP contribution in [-0.4, -0.2) is 19.7 Å². The number of aromatic nitrogens is 4. The van der Waals surface area contributed by atoms with Crippen LogP contribution in [0.4, 0.5) is 5.95 Å². The van der Waals surface area contributed by atoms with Crippen LogP contribution in [0, 0.1) is 5.92 Å². The molecule has 5 heteroatoms. The largest absolute Gasteiger partial charge is 0.324 e. The molecule has 0 spiro atoms. The molecule has 2 aliphatic carbocycles. The molecule has 2 heterocycles. The number of allylic oxidation sites excluding steroid dienone is 3. The van der Waals surface area contributed by atoms with E-state index >= 15 is 0 Å². The van der Waals surface area contributed by atoms with Crippen LogP contribution in [0.25, 0.3) is 11.0 Å². The van der Waals surface area contributed by atoms with Crippen LogP contribution < -0.4 is 5.32 Å². The van der Waals surface area contributed by atoms with E-state index in [2.05, 4.69) is 38.3 Å². The van der Waals surface area contributed by atoms with E-state index in [1.165, 1.54) is 32.1 Å². The Labute approximate surface area is 150 Å². The van der Waals surface area contributed by atoms with Crippen molar-refractivity contribution in [2.24, 2.45) is 5.92 Å². The van der Waals surface area contributed by atoms with Crippen LogP contribution in [0.5, 0.6) is 0 Å². The predicted molar refractivity (Wildman–Crippen MR) is 103 cm³/mol. The Morgan fingerprint density at radius 2 is 1.96 bits per heavy atom. The van der Waals surface area contributed by atoms with Crippen molar-refractivity contribution in [1.82, 2.24) is 19.7 Å². The van der Waals surface area contributed by atoms with Crippen molar-refractivity contribution in [3.63, 3.8) is 0 Å². The van der Waals surface area contributed by atoms with Gasteiger partial charge in [0.1, 0.15) is 0 Å². The highest BCUT2D eigenvalue weighted by atomic mass is 15.3. The molecule has 0 amide bonds. The number of nitrogens with zero attached hydrogens (tertiary/aromatic N) is 4. The minimum atomic E-state index is 0.653. The zero-order chi connectivity index (χ0) is 17.5. The maximum atomic E-state index is 4.70. The lowest BCUT2D eigenvalue weighted by Gasteiger charge is -2.21. The van der Waals surface area contributed by atoms with E-state index in [-0.39, 0.29) is 0 Å². The lowest BCUT2D eigenvalue weighted by atomic mass is 9.89. The molecule has 2 aromatic rings. The first-order valence-corrected chi connectivity index (χ1v) is 9.71. The van der Waals surface area contributed by atoms with Gasteiger partial charge in [0.15, 0.2) is 5.65 Å². The van der Waals surface area contributed by atoms with E-state index in [1.54, 1.807) is 0 Å². The van der Waals surface area contributed by atoms with E-state index < -0.39 is 0 Å². The van der Waals surface area contributed by atoms with Gasteiger partial charge in [0.05, 0.1) is 11.6 Å². The van der Waals surface area contributed by atoms with Crippen LogP contribution >= 0.6 is 0 Å². The normalized spacial score (nSPS) is 17.8. The number of rotatable bonds is 4. The first-order valence-electron chi connectivity index (χ1n) is 9.71. The summed E-state index contributed by atoms with van der Waals surface area (Å²) in [6.07, 6.45) is 19.1. The minimum Gasteiger partial charge on any atom is -0.324 e. The Morgan fingerprint density at radius 3 is 2.72 bits per heavy atom. The molecule has 5 nitrogen and oxygen atoms in total. The summed E-state index contributed by atoms with van der Waals surface area (Å²) in [7, 11) is 0. The molecule has 2 aliphatic rings. The van der Waals surface area contributed by atoms with Crippen molar-refractivity contribution in [3.8, 4) is 0 Å². The lowest BCUT2D eigenvalue weighted by molar-refractivity contribution is 0.311. The highest BCUT2D eigenvalue weighted by Crippen LogP contribution is 2.26. The van der Waals surface area contributed by atoms with Crippen molar-refractivity contribution in [3.05, 3.63) is 36.3 Å². The molecule has 0 atom stereocenters. The Morgan fingerprint density at radius 1 is 1.12 bits per heavy atom. The maximum absolute atomic E-state index is 4.70. The zero-order valence-corrected chi connectivity index (χ0v) is 15.4. The summed E-state index contributed by atoms with van der Waals surface area (Å²) in [6, 6.07) is 0. The van der Waals surface area contributed by atoms with Gasteiger partial charge in [-0.3, -0.25) is 0 Å². The average Bonchev–Trinajstić information content (AvgIpc) is 3.07. The van der Waals surface area contributed by atoms with Crippen LogP contribution in [0.3, 0.4) is 0 Å². The fourth-order valence-electron chi connectivity index (χ4n) is 3.51. The van der Waals surface area contributed by atoms with Gasteiger partial charge >= 0.3 is 0 Å². The van der Waals surface area contributed by atoms with Crippen LogP contribution in [0.2, 0.25) is 0 Å². The molecule has 0 bridgehead atoms. The van der Waals surface area contributed by atoms with Crippen LogP contribution in [-0.2, 0) is 6.54 Å². The Kier molecular flexibility index (Phi) is 6.20. The van der Waals surface area contributed by atoms with Gasteiger partial charge in [-0.25, -0.2) is 9.67 Å². The molecule has 0 aliphatic heterocycles. The molecular formula is C20H29N5. The topological polar surface area (TPSA) is 55.6 Å². The van der Waals surface area contributed by atoms with Crippen LogP contribution in [0.15, 0.2) is 36.3 Å². The molecular weight excluding hydrogens is 310 g/mol. The van der Waals surface area contributed by atoms with Crippen molar-refractivity contribution in [1.29, 1.82) is 0 Å². The first-order chi connectivity index (χ1) is 12.4. The SMILES string of the molecule is C1=CC(Nc2ncc3cnn(CC4CCCCC4)c3n2)=CCC1.CC. The number of anilines is 1. The summed E-state index contributed by atoms with van der Waals surface area (Å²) in [6.45, 7) is 4.97. The number of hydrogen-bond donors (Lipinski definition) is 1. The Bertz CT molecular complexity index is 738. The first kappa shape index (κ1) is 17.6. The van der Waals surface area contributed by atoms with Crippen molar-refractivity contribution in [2.75, 3.05) is 5.32 Å². The van der Waals surface area contributed by atoms with Gasteiger partial charge < -0.3 is 5.32 Å². The van der Waals surface area contributed by atoms with E-state index in [9.17, 15) is 0 Å². The standard InChI is InChI=1S/C18H23N5.C2H6/c1-3-7-14(8-4-1)13-23-17-15(12-20-23)11-19-18(22-17)21-16-9-5-2-6-10-16;1-2/h5,9-12,14H,1-4,6-8,13H2,(H,19,21,22);1-2H3. The van der Waals surface area contributed by atoms with E-state index in [4.69, 9.17) is 4.98 Å². The third-order valence-electron chi connectivity index (χ3n) is 4.78. The highest BCUT2D eigenvalue weighted by molar-refractivity contribution is 5.74. The molecule has 0 radical (unpaired) electrons. The second-order valence-electron chi connectivity index (χ2n) is 6.57. The van der Waals surface area contributed by atoms with Gasteiger partial charge in [-0.2, -0.15) is 10.1 Å². The van der Waals surface area contributed by atoms with E-state index in [0.717, 1.165) is 42.0 Å². The number of fused-ring (bicyclic) bond motifs is 1. The zero-order valence-electron chi connectivity index (χ0n) is 15.4. The van der Waals surface area contributed by atoms with Gasteiger partial charge in [0.2, 0.25) is 5.95 Å². The average molecular weight is 339 g/mol. The third-order valence-corrected chi connectivity index (χ3v) is 4.78. The van der Waals surface area contributed by atoms with Gasteiger partial charge in [-0.1, -0.05) is 45.3 Å². The maximum Gasteiger partial charge on any atom is 0.229 e. The van der Waals surface area contributed by atoms with Gasteiger partial charge in [-0.05, 0) is 37.7 Å². The molecule has 1 N–H and O–H groups in total. The minimum absolute atomic E-state index is 0.653. The molecule has 1 fully saturated rings. The summed E-state index contributed by atoms with van der Waals surface area (Å²) in [5, 5.41) is 8.85. The third kappa shape index (κ3) is 4.47. The Balaban J connectivity index is 0.000000880. The summed E-state index contributed by atoms with van der Waals surface area (Å²) < 4.78 is 2.06. The summed E-state index contributed by atoms with van der Waals surface area (Å²) in [4.78, 5) is 9.11. The molecule has 0 aromatic carbocycles. The van der Waals surface area contributed by atoms with Gasteiger partial charge in [0, 0.05) is 18.4 Å². The monoisotopic (exact) mass is 339 g/mol. The molecule has 134 valence electrons. The number of nitrogens with one attached hydrogen (secondary N) is 1. The number of hydrogen-bond acceptors (Lipinski definition) is 4. The fourth-order valence-corrected chi connectivity index (χ4v) is 3.51. The predicted octanol–water partition coefficient (Wildman–Crippen LogP) is 5.08. The fraction of sp³-hybridized carbons (Fsp3) is 0.550. The smallest absolute Gasteiger partial charge is 0.229 e. The van der Waals surface area contributed by atoms with Gasteiger partial charge in [0.25, 0.3) is 0 Å². The molecule has 0 saturated heterocycles. The Hall–Kier alpha value is -2.17. The van der Waals surface area contributed by atoms with Gasteiger partial charge in [-0.15, -0.1) is 0 Å². The molecule has 2 aromatic heterocycles. The second kappa shape index (κ2) is 8.79. The van der Waals surface area contributed by atoms with Crippen molar-refractivity contribution < 1.29 is 0 Å². The van der Waals surface area contributed by atoms with E-state index in [1.807, 2.05) is 26.2 Å². The van der Waals surface area contributed by atoms with E-state index in [0.29, 0.717) is 5.95 Å². The van der Waals surface area contributed by atoms with Crippen molar-refractivity contribution in [2.45, 2.75) is 65.3 Å². The quantitative estimate of drug-likeness (QED) is 0.844. The van der Waals surface area contributed by atoms with Crippen molar-refractivity contribution >= 4 is 17.0 Å². The second-order valence-corrected chi connectivity index (χ2v) is 6.57. The molecule has 0 unspecified atom stereocenters. The van der Waals surface area contributed by atoms with Crippen LogP contribution in [0.1, 0.15) is 58.8 Å². The molecule has 25 heavy (non-hydrogen) atoms. The summed E-state index contributed by atoms with van der Waals surface area (Å²) >= 11 is 0.